The van der Waals surface area contributed by atoms with Crippen molar-refractivity contribution in [1.29, 1.82) is 0 Å². The van der Waals surface area contributed by atoms with Gasteiger partial charge in [-0.05, 0) is 48.9 Å². The monoisotopic (exact) mass is 466 g/mol. The largest absolute Gasteiger partial charge is 0.433 e. The Kier molecular flexibility index (Phi) is 5.34. The number of benzene rings is 2. The van der Waals surface area contributed by atoms with E-state index in [-0.39, 0.29) is 0 Å². The van der Waals surface area contributed by atoms with Crippen molar-refractivity contribution in [2.75, 3.05) is 0 Å². The number of rotatable bonds is 4. The first-order valence-electron chi connectivity index (χ1n) is 10.6. The molecule has 1 fully saturated rings. The number of aromatic nitrogens is 2. The molecule has 168 valence electrons. The van der Waals surface area contributed by atoms with Gasteiger partial charge in [-0.25, -0.2) is 4.98 Å². The normalized spacial score (nSPS) is 20.5. The fourth-order valence-electron chi connectivity index (χ4n) is 4.26. The number of alkyl halides is 3. The average Bonchev–Trinajstić information content (AvgIpc) is 3.23. The van der Waals surface area contributed by atoms with Gasteiger partial charge in [-0.3, -0.25) is 4.98 Å². The lowest BCUT2D eigenvalue weighted by atomic mass is 9.69. The van der Waals surface area contributed by atoms with Gasteiger partial charge in [0.15, 0.2) is 0 Å². The van der Waals surface area contributed by atoms with Gasteiger partial charge in [0.2, 0.25) is 0 Å². The summed E-state index contributed by atoms with van der Waals surface area (Å²) in [5.74, 6) is 0.354. The molecule has 0 amide bonds. The predicted molar refractivity (Wildman–Crippen MR) is 124 cm³/mol. The summed E-state index contributed by atoms with van der Waals surface area (Å²) in [6.07, 6.45) is -1.74. The first-order valence-corrected chi connectivity index (χ1v) is 11.4. The lowest BCUT2D eigenvalue weighted by molar-refractivity contribution is -0.141. The fraction of sp³-hybridized carbons (Fsp3) is 0.231. The quantitative estimate of drug-likeness (QED) is 0.346. The van der Waals surface area contributed by atoms with Crippen LogP contribution in [0.5, 0.6) is 0 Å². The lowest BCUT2D eigenvalue weighted by Crippen LogP contribution is -2.39. The van der Waals surface area contributed by atoms with Gasteiger partial charge in [-0.15, -0.1) is 11.3 Å². The van der Waals surface area contributed by atoms with Gasteiger partial charge in [0.05, 0.1) is 16.2 Å². The molecule has 3 nitrogen and oxygen atoms in total. The molecular weight excluding hydrogens is 445 g/mol. The molecule has 1 saturated carbocycles. The molecule has 0 spiro atoms. The summed E-state index contributed by atoms with van der Waals surface area (Å²) in [5, 5.41) is 10.7. The van der Waals surface area contributed by atoms with Crippen LogP contribution in [-0.2, 0) is 6.18 Å². The number of pyridine rings is 1. The topological polar surface area (TPSA) is 46.0 Å². The van der Waals surface area contributed by atoms with Crippen LogP contribution < -0.4 is 0 Å². The molecule has 0 atom stereocenters. The van der Waals surface area contributed by atoms with E-state index in [0.717, 1.165) is 40.6 Å². The molecule has 0 bridgehead atoms. The highest BCUT2D eigenvalue weighted by Gasteiger charge is 2.39. The molecule has 7 heteroatoms. The second-order valence-electron chi connectivity index (χ2n) is 8.72. The first kappa shape index (κ1) is 21.8. The van der Waals surface area contributed by atoms with Crippen LogP contribution in [0.4, 0.5) is 13.2 Å². The average molecular weight is 467 g/mol. The second kappa shape index (κ2) is 8.08. The molecular formula is C26H21F3N2OS. The third-order valence-corrected chi connectivity index (χ3v) is 7.15. The molecule has 33 heavy (non-hydrogen) atoms. The van der Waals surface area contributed by atoms with Crippen LogP contribution in [-0.4, -0.2) is 20.7 Å². The van der Waals surface area contributed by atoms with Gasteiger partial charge in [0.25, 0.3) is 0 Å². The van der Waals surface area contributed by atoms with E-state index < -0.39 is 17.5 Å². The highest BCUT2D eigenvalue weighted by atomic mass is 32.1. The van der Waals surface area contributed by atoms with E-state index in [1.807, 2.05) is 49.4 Å². The van der Waals surface area contributed by atoms with Crippen LogP contribution in [0, 0.1) is 0 Å². The summed E-state index contributed by atoms with van der Waals surface area (Å²) in [6, 6.07) is 20.4. The number of aliphatic hydroxyl groups is 1. The summed E-state index contributed by atoms with van der Waals surface area (Å²) in [4.78, 5) is 9.35. The number of hydrogen-bond acceptors (Lipinski definition) is 4. The maximum atomic E-state index is 12.9. The summed E-state index contributed by atoms with van der Waals surface area (Å²) >= 11 is 1.43. The Labute approximate surface area is 193 Å². The molecule has 2 aromatic heterocycles. The molecule has 4 aromatic rings. The standard InChI is InChI=1S/C26H21F3N2OS/c1-25(32)13-20(14-25)16-7-9-17(10-8-16)22-23(18-5-3-2-4-6-18)33-24(31-22)19-11-12-21(30-15-19)26(27,28)29/h2-12,15,20,32H,13-14H2,1H3. The molecule has 0 radical (unpaired) electrons. The zero-order valence-corrected chi connectivity index (χ0v) is 18.6. The van der Waals surface area contributed by atoms with Crippen LogP contribution in [0.15, 0.2) is 72.9 Å². The van der Waals surface area contributed by atoms with Crippen LogP contribution in [0.3, 0.4) is 0 Å². The SMILES string of the molecule is CC1(O)CC(c2ccc(-c3nc(-c4ccc(C(F)(F)F)nc4)sc3-c3ccccc3)cc2)C1. The summed E-state index contributed by atoms with van der Waals surface area (Å²) in [5.41, 5.74) is 2.95. The highest BCUT2D eigenvalue weighted by molar-refractivity contribution is 7.19. The van der Waals surface area contributed by atoms with E-state index in [4.69, 9.17) is 4.98 Å². The van der Waals surface area contributed by atoms with Gasteiger partial charge in [-0.1, -0.05) is 54.6 Å². The molecule has 2 heterocycles. The van der Waals surface area contributed by atoms with E-state index in [9.17, 15) is 18.3 Å². The van der Waals surface area contributed by atoms with Gasteiger partial charge in [-0.2, -0.15) is 13.2 Å². The van der Waals surface area contributed by atoms with Crippen molar-refractivity contribution in [3.8, 4) is 32.3 Å². The van der Waals surface area contributed by atoms with E-state index in [2.05, 4.69) is 17.1 Å². The predicted octanol–water partition coefficient (Wildman–Crippen LogP) is 7.19. The number of hydrogen-bond donors (Lipinski definition) is 1. The van der Waals surface area contributed by atoms with Crippen LogP contribution in [0.2, 0.25) is 0 Å². The maximum absolute atomic E-state index is 12.9. The molecule has 1 N–H and O–H groups in total. The minimum Gasteiger partial charge on any atom is -0.390 e. The smallest absolute Gasteiger partial charge is 0.390 e. The van der Waals surface area contributed by atoms with Crippen molar-refractivity contribution in [3.63, 3.8) is 0 Å². The van der Waals surface area contributed by atoms with Crippen LogP contribution in [0.1, 0.15) is 36.9 Å². The maximum Gasteiger partial charge on any atom is 0.433 e. The molecule has 1 aliphatic rings. The Morgan fingerprint density at radius 3 is 2.15 bits per heavy atom. The van der Waals surface area contributed by atoms with Gasteiger partial charge in [0, 0.05) is 17.3 Å². The van der Waals surface area contributed by atoms with Crippen molar-refractivity contribution < 1.29 is 18.3 Å². The molecule has 0 aliphatic heterocycles. The Morgan fingerprint density at radius 1 is 0.909 bits per heavy atom. The van der Waals surface area contributed by atoms with Crippen LogP contribution >= 0.6 is 11.3 Å². The van der Waals surface area contributed by atoms with Crippen molar-refractivity contribution in [2.24, 2.45) is 0 Å². The molecule has 0 saturated heterocycles. The Bertz CT molecular complexity index is 1260. The number of nitrogens with zero attached hydrogens (tertiary/aromatic N) is 2. The van der Waals surface area contributed by atoms with Gasteiger partial charge < -0.3 is 5.11 Å². The molecule has 1 aliphatic carbocycles. The zero-order chi connectivity index (χ0) is 23.2. The third kappa shape index (κ3) is 4.43. The summed E-state index contributed by atoms with van der Waals surface area (Å²) < 4.78 is 38.7. The van der Waals surface area contributed by atoms with Crippen molar-refractivity contribution in [2.45, 2.75) is 37.5 Å². The summed E-state index contributed by atoms with van der Waals surface area (Å²) in [6.45, 7) is 1.86. The Morgan fingerprint density at radius 2 is 1.58 bits per heavy atom. The highest BCUT2D eigenvalue weighted by Crippen LogP contribution is 2.45. The third-order valence-electron chi connectivity index (χ3n) is 5.99. The van der Waals surface area contributed by atoms with Crippen molar-refractivity contribution in [1.82, 2.24) is 9.97 Å². The zero-order valence-electron chi connectivity index (χ0n) is 17.8. The molecule has 0 unspecified atom stereocenters. The van der Waals surface area contributed by atoms with E-state index >= 15 is 0 Å². The Hall–Kier alpha value is -3.03. The molecule has 2 aromatic carbocycles. The first-order chi connectivity index (χ1) is 15.7. The van der Waals surface area contributed by atoms with E-state index in [0.29, 0.717) is 16.5 Å². The minimum absolute atomic E-state index is 0.354. The summed E-state index contributed by atoms with van der Waals surface area (Å²) in [7, 11) is 0. The second-order valence-corrected chi connectivity index (χ2v) is 9.72. The minimum atomic E-state index is -4.47. The van der Waals surface area contributed by atoms with Crippen molar-refractivity contribution in [3.05, 3.63) is 84.2 Å². The van der Waals surface area contributed by atoms with E-state index in [1.165, 1.54) is 29.2 Å². The number of halogens is 3. The number of thiazole rings is 1. The Balaban J connectivity index is 1.52. The van der Waals surface area contributed by atoms with Gasteiger partial charge in [0.1, 0.15) is 10.7 Å². The fourth-order valence-corrected chi connectivity index (χ4v) is 5.35. The van der Waals surface area contributed by atoms with Crippen LogP contribution in [0.25, 0.3) is 32.3 Å². The van der Waals surface area contributed by atoms with Gasteiger partial charge >= 0.3 is 6.18 Å². The van der Waals surface area contributed by atoms with E-state index in [1.54, 1.807) is 0 Å². The molecule has 5 rings (SSSR count). The lowest BCUT2D eigenvalue weighted by Gasteiger charge is -2.41. The van der Waals surface area contributed by atoms with Crippen molar-refractivity contribution >= 4 is 11.3 Å².